The number of benzene rings is 3. The summed E-state index contributed by atoms with van der Waals surface area (Å²) >= 11 is 0. The van der Waals surface area contributed by atoms with Gasteiger partial charge in [0.1, 0.15) is 5.82 Å². The molecule has 3 aromatic rings. The van der Waals surface area contributed by atoms with E-state index in [4.69, 9.17) is 0 Å². The van der Waals surface area contributed by atoms with E-state index >= 15 is 0 Å². The lowest BCUT2D eigenvalue weighted by Crippen LogP contribution is -2.47. The summed E-state index contributed by atoms with van der Waals surface area (Å²) in [6.07, 6.45) is 1.82. The molecule has 1 heterocycles. The Morgan fingerprint density at radius 1 is 0.935 bits per heavy atom. The number of rotatable bonds is 5. The maximum absolute atomic E-state index is 13.4. The fourth-order valence-corrected chi connectivity index (χ4v) is 4.31. The van der Waals surface area contributed by atoms with Gasteiger partial charge in [-0.1, -0.05) is 36.4 Å². The van der Waals surface area contributed by atoms with Crippen LogP contribution >= 0.6 is 0 Å². The highest BCUT2D eigenvalue weighted by molar-refractivity contribution is 6.06. The molecule has 4 heteroatoms. The third-order valence-corrected chi connectivity index (χ3v) is 6.24. The van der Waals surface area contributed by atoms with Crippen LogP contribution in [0.25, 0.3) is 0 Å². The summed E-state index contributed by atoms with van der Waals surface area (Å²) in [5.74, 6) is -0.402. The van der Waals surface area contributed by atoms with Gasteiger partial charge >= 0.3 is 0 Å². The van der Waals surface area contributed by atoms with Crippen molar-refractivity contribution in [1.29, 1.82) is 0 Å². The largest absolute Gasteiger partial charge is 0.305 e. The molecule has 3 aromatic carbocycles. The molecule has 1 fully saturated rings. The lowest BCUT2D eigenvalue weighted by Gasteiger charge is -2.38. The van der Waals surface area contributed by atoms with E-state index in [1.807, 2.05) is 35.2 Å². The molecule has 3 nitrogen and oxygen atoms in total. The van der Waals surface area contributed by atoms with Crippen LogP contribution in [0.2, 0.25) is 0 Å². The first-order chi connectivity index (χ1) is 15.0. The Kier molecular flexibility index (Phi) is 6.47. The predicted molar refractivity (Wildman–Crippen MR) is 124 cm³/mol. The first kappa shape index (κ1) is 21.3. The number of hydrogen-bond acceptors (Lipinski definition) is 2. The van der Waals surface area contributed by atoms with Crippen molar-refractivity contribution in [1.82, 2.24) is 4.90 Å². The Morgan fingerprint density at radius 2 is 1.61 bits per heavy atom. The Labute approximate surface area is 184 Å². The second-order valence-corrected chi connectivity index (χ2v) is 8.44. The molecule has 4 rings (SSSR count). The van der Waals surface area contributed by atoms with Gasteiger partial charge in [0, 0.05) is 36.9 Å². The Bertz CT molecular complexity index is 1020. The van der Waals surface area contributed by atoms with Gasteiger partial charge in [-0.15, -0.1) is 0 Å². The molecule has 0 atom stereocenters. The van der Waals surface area contributed by atoms with Crippen molar-refractivity contribution in [3.8, 4) is 0 Å². The summed E-state index contributed by atoms with van der Waals surface area (Å²) < 4.78 is 13.4. The van der Waals surface area contributed by atoms with Crippen molar-refractivity contribution in [3.63, 3.8) is 0 Å². The van der Waals surface area contributed by atoms with E-state index in [1.54, 1.807) is 12.1 Å². The standard InChI is InChI=1S/C27H29FN2O/c1-20-8-9-22(18-21(20)2)19-29-16-14-26(15-17-29)30(25-6-4-3-5-7-25)27(31)23-10-12-24(28)13-11-23/h3-13,18,26H,14-17,19H2,1-2H3. The number of nitrogens with zero attached hydrogens (tertiary/aromatic N) is 2. The van der Waals surface area contributed by atoms with Crippen molar-refractivity contribution < 1.29 is 9.18 Å². The molecule has 160 valence electrons. The van der Waals surface area contributed by atoms with Crippen LogP contribution in [-0.4, -0.2) is 29.9 Å². The summed E-state index contributed by atoms with van der Waals surface area (Å²) in [7, 11) is 0. The first-order valence-corrected chi connectivity index (χ1v) is 10.9. The van der Waals surface area contributed by atoms with Gasteiger partial charge in [-0.2, -0.15) is 0 Å². The van der Waals surface area contributed by atoms with Crippen molar-refractivity contribution in [2.24, 2.45) is 0 Å². The smallest absolute Gasteiger partial charge is 0.258 e. The molecule has 0 spiro atoms. The number of anilines is 1. The highest BCUT2D eigenvalue weighted by Crippen LogP contribution is 2.27. The summed E-state index contributed by atoms with van der Waals surface area (Å²) in [5, 5.41) is 0. The summed E-state index contributed by atoms with van der Waals surface area (Å²) in [6, 6.07) is 22.5. The van der Waals surface area contributed by atoms with E-state index in [0.29, 0.717) is 5.56 Å². The predicted octanol–water partition coefficient (Wildman–Crippen LogP) is 5.75. The zero-order valence-electron chi connectivity index (χ0n) is 18.2. The third kappa shape index (κ3) is 5.02. The topological polar surface area (TPSA) is 23.6 Å². The molecule has 0 radical (unpaired) electrons. The van der Waals surface area contributed by atoms with Crippen molar-refractivity contribution in [3.05, 3.63) is 101 Å². The van der Waals surface area contributed by atoms with Crippen LogP contribution in [0.4, 0.5) is 10.1 Å². The van der Waals surface area contributed by atoms with E-state index in [2.05, 4.69) is 36.9 Å². The quantitative estimate of drug-likeness (QED) is 0.528. The number of piperidine rings is 1. The van der Waals surface area contributed by atoms with Gasteiger partial charge in [-0.3, -0.25) is 9.69 Å². The molecule has 0 saturated carbocycles. The van der Waals surface area contributed by atoms with Gasteiger partial charge in [0.25, 0.3) is 5.91 Å². The maximum atomic E-state index is 13.4. The van der Waals surface area contributed by atoms with Gasteiger partial charge < -0.3 is 4.90 Å². The number of hydrogen-bond donors (Lipinski definition) is 0. The third-order valence-electron chi connectivity index (χ3n) is 6.24. The number of carbonyl (C=O) groups excluding carboxylic acids is 1. The van der Waals surface area contributed by atoms with Crippen molar-refractivity contribution in [2.75, 3.05) is 18.0 Å². The molecule has 1 amide bonds. The molecule has 0 aliphatic carbocycles. The Balaban J connectivity index is 1.49. The van der Waals surface area contributed by atoms with E-state index in [-0.39, 0.29) is 17.8 Å². The maximum Gasteiger partial charge on any atom is 0.258 e. The van der Waals surface area contributed by atoms with Gasteiger partial charge in [-0.25, -0.2) is 4.39 Å². The Hall–Kier alpha value is -2.98. The van der Waals surface area contributed by atoms with Crippen LogP contribution in [0.5, 0.6) is 0 Å². The molecule has 31 heavy (non-hydrogen) atoms. The summed E-state index contributed by atoms with van der Waals surface area (Å²) in [4.78, 5) is 17.8. The highest BCUT2D eigenvalue weighted by atomic mass is 19.1. The van der Waals surface area contributed by atoms with E-state index in [9.17, 15) is 9.18 Å². The number of para-hydroxylation sites is 1. The SMILES string of the molecule is Cc1ccc(CN2CCC(N(C(=O)c3ccc(F)cc3)c3ccccc3)CC2)cc1C. The molecule has 0 N–H and O–H groups in total. The molecule has 0 bridgehead atoms. The van der Waals surface area contributed by atoms with Crippen LogP contribution in [0, 0.1) is 19.7 Å². The molecule has 0 aromatic heterocycles. The van der Waals surface area contributed by atoms with E-state index in [1.165, 1.54) is 28.8 Å². The molecule has 1 aliphatic heterocycles. The average molecular weight is 417 g/mol. The number of carbonyl (C=O) groups is 1. The zero-order chi connectivity index (χ0) is 21.8. The van der Waals surface area contributed by atoms with Crippen molar-refractivity contribution in [2.45, 2.75) is 39.3 Å². The molecule has 1 aliphatic rings. The van der Waals surface area contributed by atoms with Crippen LogP contribution < -0.4 is 4.90 Å². The minimum Gasteiger partial charge on any atom is -0.305 e. The van der Waals surface area contributed by atoms with E-state index in [0.717, 1.165) is 38.2 Å². The number of halogens is 1. The van der Waals surface area contributed by atoms with E-state index < -0.39 is 0 Å². The minimum atomic E-state index is -0.331. The fraction of sp³-hybridized carbons (Fsp3) is 0.296. The second kappa shape index (κ2) is 9.44. The van der Waals surface area contributed by atoms with Gasteiger partial charge in [-0.05, 0) is 79.8 Å². The van der Waals surface area contributed by atoms with Crippen LogP contribution in [0.3, 0.4) is 0 Å². The minimum absolute atomic E-state index is 0.0705. The fourth-order valence-electron chi connectivity index (χ4n) is 4.31. The summed E-state index contributed by atoms with van der Waals surface area (Å²) in [5.41, 5.74) is 5.39. The van der Waals surface area contributed by atoms with Crippen LogP contribution in [0.1, 0.15) is 39.9 Å². The van der Waals surface area contributed by atoms with Gasteiger partial charge in [0.15, 0.2) is 0 Å². The second-order valence-electron chi connectivity index (χ2n) is 8.44. The first-order valence-electron chi connectivity index (χ1n) is 10.9. The number of aryl methyl sites for hydroxylation is 2. The molecular weight excluding hydrogens is 387 g/mol. The number of likely N-dealkylation sites (tertiary alicyclic amines) is 1. The monoisotopic (exact) mass is 416 g/mol. The highest BCUT2D eigenvalue weighted by Gasteiger charge is 2.30. The lowest BCUT2D eigenvalue weighted by atomic mass is 9.99. The molecule has 1 saturated heterocycles. The van der Waals surface area contributed by atoms with Gasteiger partial charge in [0.2, 0.25) is 0 Å². The normalized spacial score (nSPS) is 15.1. The number of amides is 1. The average Bonchev–Trinajstić information content (AvgIpc) is 2.79. The van der Waals surface area contributed by atoms with Gasteiger partial charge in [0.05, 0.1) is 0 Å². The lowest BCUT2D eigenvalue weighted by molar-refractivity contribution is 0.0958. The zero-order valence-corrected chi connectivity index (χ0v) is 18.2. The van der Waals surface area contributed by atoms with Crippen LogP contribution in [0.15, 0.2) is 72.8 Å². The van der Waals surface area contributed by atoms with Crippen LogP contribution in [-0.2, 0) is 6.54 Å². The van der Waals surface area contributed by atoms with Crippen molar-refractivity contribution >= 4 is 11.6 Å². The molecular formula is C27H29FN2O. The Morgan fingerprint density at radius 3 is 2.26 bits per heavy atom. The molecule has 0 unspecified atom stereocenters. The summed E-state index contributed by atoms with van der Waals surface area (Å²) in [6.45, 7) is 7.12.